The van der Waals surface area contributed by atoms with E-state index in [-0.39, 0.29) is 5.54 Å². The zero-order valence-electron chi connectivity index (χ0n) is 8.71. The van der Waals surface area contributed by atoms with Gasteiger partial charge >= 0.3 is 0 Å². The third-order valence-electron chi connectivity index (χ3n) is 3.60. The molecule has 3 heteroatoms. The van der Waals surface area contributed by atoms with Crippen molar-refractivity contribution in [1.82, 2.24) is 4.90 Å². The Kier molecular flexibility index (Phi) is 2.88. The second-order valence-corrected chi connectivity index (χ2v) is 4.49. The molecule has 2 heterocycles. The number of nitrogens with zero attached hydrogens (tertiary/aromatic N) is 1. The molecule has 2 rings (SSSR count). The minimum atomic E-state index is 0.221. The smallest absolute Gasteiger partial charge is 0.0830 e. The van der Waals surface area contributed by atoms with E-state index in [1.165, 1.54) is 12.8 Å². The first-order valence-corrected chi connectivity index (χ1v) is 5.32. The van der Waals surface area contributed by atoms with Gasteiger partial charge in [-0.25, -0.2) is 4.39 Å². The highest BCUT2D eigenvalue weighted by molar-refractivity contribution is 5.07. The Morgan fingerprint density at radius 2 is 2.50 bits per heavy atom. The van der Waals surface area contributed by atoms with Crippen molar-refractivity contribution in [3.63, 3.8) is 0 Å². The van der Waals surface area contributed by atoms with Crippen molar-refractivity contribution in [3.05, 3.63) is 12.4 Å². The topological polar surface area (TPSA) is 12.5 Å². The molecule has 0 aliphatic carbocycles. The molecule has 2 atom stereocenters. The van der Waals surface area contributed by atoms with Gasteiger partial charge in [-0.2, -0.15) is 0 Å². The van der Waals surface area contributed by atoms with Crippen LogP contribution in [0.15, 0.2) is 12.4 Å². The first kappa shape index (κ1) is 10.1. The predicted octanol–water partition coefficient (Wildman–Crippen LogP) is 1.97. The Balaban J connectivity index is 2.06. The van der Waals surface area contributed by atoms with Crippen molar-refractivity contribution < 1.29 is 9.13 Å². The van der Waals surface area contributed by atoms with Gasteiger partial charge in [0.1, 0.15) is 0 Å². The quantitative estimate of drug-likeness (QED) is 0.689. The number of hydrogen-bond acceptors (Lipinski definition) is 2. The minimum absolute atomic E-state index is 0.221. The average molecular weight is 199 g/mol. The van der Waals surface area contributed by atoms with Gasteiger partial charge in [0.05, 0.1) is 12.9 Å². The Hall–Kier alpha value is -0.410. The van der Waals surface area contributed by atoms with E-state index in [9.17, 15) is 4.39 Å². The maximum Gasteiger partial charge on any atom is 0.0830 e. The second kappa shape index (κ2) is 3.99. The van der Waals surface area contributed by atoms with Crippen LogP contribution < -0.4 is 0 Å². The van der Waals surface area contributed by atoms with Crippen molar-refractivity contribution in [1.29, 1.82) is 0 Å². The summed E-state index contributed by atoms with van der Waals surface area (Å²) in [6.45, 7) is 2.95. The lowest BCUT2D eigenvalue weighted by Gasteiger charge is -2.30. The third-order valence-corrected chi connectivity index (χ3v) is 3.60. The van der Waals surface area contributed by atoms with E-state index in [2.05, 4.69) is 4.90 Å². The molecule has 2 saturated heterocycles. The highest BCUT2D eigenvalue weighted by Crippen LogP contribution is 2.42. The standard InChI is InChI=1S/C11H18FNO/c1-14-9-11-4-2-6-13(11)8-10(7-11)3-5-12/h3,5,10H,2,4,6-9H2,1H3/b5-3+. The summed E-state index contributed by atoms with van der Waals surface area (Å²) in [7, 11) is 1.75. The zero-order chi connectivity index (χ0) is 10.0. The molecule has 0 aromatic rings. The summed E-state index contributed by atoms with van der Waals surface area (Å²) in [6.07, 6.45) is 5.90. The van der Waals surface area contributed by atoms with Crippen molar-refractivity contribution >= 4 is 0 Å². The van der Waals surface area contributed by atoms with E-state index in [0.717, 1.165) is 26.1 Å². The molecule has 0 spiro atoms. The Morgan fingerprint density at radius 1 is 1.64 bits per heavy atom. The molecule has 2 aliphatic rings. The summed E-state index contributed by atoms with van der Waals surface area (Å²) in [5.74, 6) is 0.385. The van der Waals surface area contributed by atoms with E-state index in [1.54, 1.807) is 13.2 Å². The van der Waals surface area contributed by atoms with Crippen LogP contribution in [0.5, 0.6) is 0 Å². The van der Waals surface area contributed by atoms with Crippen LogP contribution in [0, 0.1) is 5.92 Å². The van der Waals surface area contributed by atoms with Crippen LogP contribution in [-0.4, -0.2) is 37.2 Å². The van der Waals surface area contributed by atoms with Gasteiger partial charge in [0.15, 0.2) is 0 Å². The van der Waals surface area contributed by atoms with Crippen LogP contribution >= 0.6 is 0 Å². The molecule has 14 heavy (non-hydrogen) atoms. The molecule has 2 fully saturated rings. The molecular weight excluding hydrogens is 181 g/mol. The van der Waals surface area contributed by atoms with Crippen LogP contribution in [-0.2, 0) is 4.74 Å². The van der Waals surface area contributed by atoms with Gasteiger partial charge < -0.3 is 4.74 Å². The Morgan fingerprint density at radius 3 is 3.21 bits per heavy atom. The highest BCUT2D eigenvalue weighted by Gasteiger charge is 2.47. The van der Waals surface area contributed by atoms with Crippen LogP contribution in [0.1, 0.15) is 19.3 Å². The van der Waals surface area contributed by atoms with Crippen LogP contribution in [0.4, 0.5) is 4.39 Å². The normalized spacial score (nSPS) is 38.3. The SMILES string of the molecule is COCC12CCCN1CC(/C=C/F)C2. The predicted molar refractivity (Wildman–Crippen MR) is 53.8 cm³/mol. The van der Waals surface area contributed by atoms with Crippen LogP contribution in [0.2, 0.25) is 0 Å². The highest BCUT2D eigenvalue weighted by atomic mass is 19.1. The van der Waals surface area contributed by atoms with Crippen molar-refractivity contribution in [3.8, 4) is 0 Å². The van der Waals surface area contributed by atoms with Gasteiger partial charge in [-0.15, -0.1) is 0 Å². The largest absolute Gasteiger partial charge is 0.383 e. The number of hydrogen-bond donors (Lipinski definition) is 0. The van der Waals surface area contributed by atoms with E-state index in [1.807, 2.05) is 0 Å². The number of methoxy groups -OCH3 is 1. The summed E-state index contributed by atoms with van der Waals surface area (Å²) >= 11 is 0. The molecule has 0 N–H and O–H groups in total. The van der Waals surface area contributed by atoms with Gasteiger partial charge in [-0.05, 0) is 31.7 Å². The summed E-state index contributed by atoms with van der Waals surface area (Å²) in [5, 5.41) is 0. The zero-order valence-corrected chi connectivity index (χ0v) is 8.71. The van der Waals surface area contributed by atoms with Gasteiger partial charge in [-0.1, -0.05) is 6.08 Å². The van der Waals surface area contributed by atoms with E-state index in [4.69, 9.17) is 4.74 Å². The molecule has 0 aromatic carbocycles. The molecule has 0 amide bonds. The molecule has 0 radical (unpaired) electrons. The van der Waals surface area contributed by atoms with Crippen LogP contribution in [0.3, 0.4) is 0 Å². The molecule has 2 unspecified atom stereocenters. The molecule has 0 bridgehead atoms. The third kappa shape index (κ3) is 1.59. The van der Waals surface area contributed by atoms with E-state index >= 15 is 0 Å². The van der Waals surface area contributed by atoms with Crippen molar-refractivity contribution in [2.75, 3.05) is 26.8 Å². The number of fused-ring (bicyclic) bond motifs is 1. The van der Waals surface area contributed by atoms with Gasteiger partial charge in [0.25, 0.3) is 0 Å². The van der Waals surface area contributed by atoms with E-state index in [0.29, 0.717) is 12.2 Å². The lowest BCUT2D eigenvalue weighted by atomic mass is 9.91. The molecule has 2 nitrogen and oxygen atoms in total. The first-order chi connectivity index (χ1) is 6.80. The fourth-order valence-corrected chi connectivity index (χ4v) is 3.07. The Bertz CT molecular complexity index is 231. The van der Waals surface area contributed by atoms with Gasteiger partial charge in [0.2, 0.25) is 0 Å². The lowest BCUT2D eigenvalue weighted by molar-refractivity contribution is 0.0654. The summed E-state index contributed by atoms with van der Waals surface area (Å²) in [6, 6.07) is 0. The molecule has 0 saturated carbocycles. The summed E-state index contributed by atoms with van der Waals surface area (Å²) in [4.78, 5) is 2.47. The van der Waals surface area contributed by atoms with Crippen molar-refractivity contribution in [2.45, 2.75) is 24.8 Å². The monoisotopic (exact) mass is 199 g/mol. The second-order valence-electron chi connectivity index (χ2n) is 4.49. The van der Waals surface area contributed by atoms with Gasteiger partial charge in [0, 0.05) is 19.2 Å². The fraction of sp³-hybridized carbons (Fsp3) is 0.818. The average Bonchev–Trinajstić information content (AvgIpc) is 2.61. The molecular formula is C11H18FNO. The molecule has 80 valence electrons. The minimum Gasteiger partial charge on any atom is -0.383 e. The summed E-state index contributed by atoms with van der Waals surface area (Å²) in [5.41, 5.74) is 0.221. The fourth-order valence-electron chi connectivity index (χ4n) is 3.07. The van der Waals surface area contributed by atoms with Crippen LogP contribution in [0.25, 0.3) is 0 Å². The van der Waals surface area contributed by atoms with Crippen molar-refractivity contribution in [2.24, 2.45) is 5.92 Å². The summed E-state index contributed by atoms with van der Waals surface area (Å²) < 4.78 is 17.4. The molecule has 2 aliphatic heterocycles. The van der Waals surface area contributed by atoms with E-state index < -0.39 is 0 Å². The Labute approximate surface area is 84.7 Å². The maximum absolute atomic E-state index is 12.1. The maximum atomic E-state index is 12.1. The van der Waals surface area contributed by atoms with Gasteiger partial charge in [-0.3, -0.25) is 4.90 Å². The number of halogens is 1. The lowest BCUT2D eigenvalue weighted by Crippen LogP contribution is -2.42. The first-order valence-electron chi connectivity index (χ1n) is 5.32. The number of ether oxygens (including phenoxy) is 1. The molecule has 0 aromatic heterocycles. The number of rotatable bonds is 3.